The van der Waals surface area contributed by atoms with Gasteiger partial charge in [-0.1, -0.05) is 12.1 Å². The number of morpholine rings is 1. The van der Waals surface area contributed by atoms with E-state index in [0.717, 1.165) is 12.2 Å². The largest absolute Gasteiger partial charge is 0.497 e. The summed E-state index contributed by atoms with van der Waals surface area (Å²) in [6.07, 6.45) is 0.904. The Bertz CT molecular complexity index is 983. The van der Waals surface area contributed by atoms with Crippen molar-refractivity contribution in [3.8, 4) is 5.75 Å². The molecule has 30 heavy (non-hydrogen) atoms. The van der Waals surface area contributed by atoms with Crippen molar-refractivity contribution in [3.63, 3.8) is 0 Å². The minimum atomic E-state index is -3.56. The molecule has 4 rings (SSSR count). The Morgan fingerprint density at radius 2 is 1.67 bits per heavy atom. The average Bonchev–Trinajstić information content (AvgIpc) is 3.29. The van der Waals surface area contributed by atoms with Gasteiger partial charge in [-0.15, -0.1) is 0 Å². The van der Waals surface area contributed by atoms with E-state index in [1.54, 1.807) is 19.2 Å². The minimum Gasteiger partial charge on any atom is -0.497 e. The Labute approximate surface area is 177 Å². The molecule has 2 fully saturated rings. The number of sulfonamides is 1. The third kappa shape index (κ3) is 4.21. The van der Waals surface area contributed by atoms with Crippen LogP contribution in [0.15, 0.2) is 53.4 Å². The fourth-order valence-electron chi connectivity index (χ4n) is 3.98. The van der Waals surface area contributed by atoms with Crippen LogP contribution in [0.2, 0.25) is 0 Å². The second kappa shape index (κ2) is 8.75. The maximum Gasteiger partial charge on any atom is 0.253 e. The first kappa shape index (κ1) is 20.8. The summed E-state index contributed by atoms with van der Waals surface area (Å²) in [5, 5.41) is 0. The van der Waals surface area contributed by atoms with Gasteiger partial charge in [0, 0.05) is 37.7 Å². The lowest BCUT2D eigenvalue weighted by Crippen LogP contribution is -2.40. The summed E-state index contributed by atoms with van der Waals surface area (Å²) in [4.78, 5) is 15.0. The molecule has 160 valence electrons. The summed E-state index contributed by atoms with van der Waals surface area (Å²) < 4.78 is 37.3. The molecule has 0 spiro atoms. The van der Waals surface area contributed by atoms with Gasteiger partial charge in [0.1, 0.15) is 5.75 Å². The molecule has 2 aliphatic heterocycles. The van der Waals surface area contributed by atoms with Crippen LogP contribution in [0.25, 0.3) is 0 Å². The predicted molar refractivity (Wildman–Crippen MR) is 112 cm³/mol. The zero-order valence-corrected chi connectivity index (χ0v) is 17.8. The zero-order chi connectivity index (χ0) is 21.1. The first-order valence-electron chi connectivity index (χ1n) is 10.1. The lowest BCUT2D eigenvalue weighted by atomic mass is 9.98. The molecule has 1 unspecified atom stereocenters. The van der Waals surface area contributed by atoms with Crippen LogP contribution < -0.4 is 4.74 Å². The van der Waals surface area contributed by atoms with Gasteiger partial charge in [0.2, 0.25) is 10.0 Å². The fraction of sp³-hybridized carbons (Fsp3) is 0.409. The number of rotatable bonds is 5. The Morgan fingerprint density at radius 1 is 1.00 bits per heavy atom. The third-order valence-corrected chi connectivity index (χ3v) is 7.68. The average molecular weight is 431 g/mol. The van der Waals surface area contributed by atoms with Crippen LogP contribution in [-0.2, 0) is 14.8 Å². The van der Waals surface area contributed by atoms with E-state index in [9.17, 15) is 13.2 Å². The van der Waals surface area contributed by atoms with E-state index in [0.29, 0.717) is 50.9 Å². The minimum absolute atomic E-state index is 0.0682. The monoisotopic (exact) mass is 430 g/mol. The molecular weight excluding hydrogens is 404 g/mol. The molecule has 0 bridgehead atoms. The van der Waals surface area contributed by atoms with Gasteiger partial charge in [-0.2, -0.15) is 4.31 Å². The quantitative estimate of drug-likeness (QED) is 0.728. The van der Waals surface area contributed by atoms with Gasteiger partial charge < -0.3 is 14.4 Å². The number of carbonyl (C=O) groups excluding carboxylic acids is 1. The highest BCUT2D eigenvalue weighted by molar-refractivity contribution is 7.89. The molecule has 0 saturated carbocycles. The molecule has 2 aromatic carbocycles. The number of likely N-dealkylation sites (tertiary alicyclic amines) is 1. The van der Waals surface area contributed by atoms with Gasteiger partial charge in [0.25, 0.3) is 5.91 Å². The summed E-state index contributed by atoms with van der Waals surface area (Å²) >= 11 is 0. The number of benzene rings is 2. The highest BCUT2D eigenvalue weighted by Gasteiger charge is 2.29. The maximum absolute atomic E-state index is 12.9. The molecule has 2 aliphatic rings. The SMILES string of the molecule is COc1ccc(C2CCN(C(=O)c3ccc(S(=O)(=O)N4CCOCC4)cc3)C2)cc1. The Kier molecular flexibility index (Phi) is 6.08. The smallest absolute Gasteiger partial charge is 0.253 e. The van der Waals surface area contributed by atoms with Gasteiger partial charge in [-0.3, -0.25) is 4.79 Å². The van der Waals surface area contributed by atoms with Crippen molar-refractivity contribution in [2.24, 2.45) is 0 Å². The molecule has 2 saturated heterocycles. The second-order valence-electron chi connectivity index (χ2n) is 7.55. The van der Waals surface area contributed by atoms with Crippen LogP contribution in [0, 0.1) is 0 Å². The number of hydrogen-bond acceptors (Lipinski definition) is 5. The number of amides is 1. The molecule has 2 aromatic rings. The van der Waals surface area contributed by atoms with E-state index in [1.165, 1.54) is 22.0 Å². The van der Waals surface area contributed by atoms with Crippen molar-refractivity contribution in [2.45, 2.75) is 17.2 Å². The molecule has 0 aromatic heterocycles. The van der Waals surface area contributed by atoms with E-state index in [2.05, 4.69) is 0 Å². The predicted octanol–water partition coefficient (Wildman–Crippen LogP) is 2.35. The number of nitrogens with zero attached hydrogens (tertiary/aromatic N) is 2. The van der Waals surface area contributed by atoms with Gasteiger partial charge in [-0.05, 0) is 48.4 Å². The fourth-order valence-corrected chi connectivity index (χ4v) is 5.39. The van der Waals surface area contributed by atoms with E-state index in [4.69, 9.17) is 9.47 Å². The van der Waals surface area contributed by atoms with Crippen LogP contribution in [0.4, 0.5) is 0 Å². The van der Waals surface area contributed by atoms with E-state index >= 15 is 0 Å². The number of ether oxygens (including phenoxy) is 2. The lowest BCUT2D eigenvalue weighted by molar-refractivity contribution is 0.0730. The topological polar surface area (TPSA) is 76.2 Å². The molecule has 0 aliphatic carbocycles. The number of carbonyl (C=O) groups is 1. The van der Waals surface area contributed by atoms with Gasteiger partial charge in [-0.25, -0.2) is 8.42 Å². The highest BCUT2D eigenvalue weighted by atomic mass is 32.2. The maximum atomic E-state index is 12.9. The highest BCUT2D eigenvalue weighted by Crippen LogP contribution is 2.29. The van der Waals surface area contributed by atoms with E-state index in [1.807, 2.05) is 29.2 Å². The normalized spacial score (nSPS) is 20.3. The van der Waals surface area contributed by atoms with Crippen molar-refractivity contribution in [1.82, 2.24) is 9.21 Å². The summed E-state index contributed by atoms with van der Waals surface area (Å²) in [6.45, 7) is 2.84. The molecule has 2 heterocycles. The molecule has 8 heteroatoms. The van der Waals surface area contributed by atoms with Crippen molar-refractivity contribution < 1.29 is 22.7 Å². The van der Waals surface area contributed by atoms with Crippen molar-refractivity contribution in [2.75, 3.05) is 46.5 Å². The van der Waals surface area contributed by atoms with Crippen molar-refractivity contribution in [1.29, 1.82) is 0 Å². The van der Waals surface area contributed by atoms with Crippen LogP contribution in [0.1, 0.15) is 28.3 Å². The van der Waals surface area contributed by atoms with Crippen LogP contribution in [-0.4, -0.2) is 70.0 Å². The standard InChI is InChI=1S/C22H26N2O5S/c1-28-20-6-2-17(3-7-20)19-10-11-23(16-19)22(25)18-4-8-21(9-5-18)30(26,27)24-12-14-29-15-13-24/h2-9,19H,10-16H2,1H3. The number of hydrogen-bond donors (Lipinski definition) is 0. The summed E-state index contributed by atoms with van der Waals surface area (Å²) in [7, 11) is -1.91. The van der Waals surface area contributed by atoms with Crippen LogP contribution in [0.5, 0.6) is 5.75 Å². The molecule has 1 atom stereocenters. The lowest BCUT2D eigenvalue weighted by Gasteiger charge is -2.26. The zero-order valence-electron chi connectivity index (χ0n) is 17.0. The number of methoxy groups -OCH3 is 1. The molecule has 0 N–H and O–H groups in total. The third-order valence-electron chi connectivity index (χ3n) is 5.77. The molecule has 0 radical (unpaired) electrons. The Morgan fingerprint density at radius 3 is 2.30 bits per heavy atom. The Hall–Kier alpha value is -2.42. The molecule has 1 amide bonds. The Balaban J connectivity index is 1.42. The molecule has 7 nitrogen and oxygen atoms in total. The second-order valence-corrected chi connectivity index (χ2v) is 9.49. The van der Waals surface area contributed by atoms with Crippen molar-refractivity contribution in [3.05, 3.63) is 59.7 Å². The van der Waals surface area contributed by atoms with E-state index < -0.39 is 10.0 Å². The van der Waals surface area contributed by atoms with Gasteiger partial charge in [0.05, 0.1) is 25.2 Å². The van der Waals surface area contributed by atoms with Gasteiger partial charge >= 0.3 is 0 Å². The first-order chi connectivity index (χ1) is 14.5. The van der Waals surface area contributed by atoms with Crippen LogP contribution >= 0.6 is 0 Å². The van der Waals surface area contributed by atoms with E-state index in [-0.39, 0.29) is 10.8 Å². The van der Waals surface area contributed by atoms with Crippen LogP contribution in [0.3, 0.4) is 0 Å². The summed E-state index contributed by atoms with van der Waals surface area (Å²) in [5.74, 6) is 1.04. The molecular formula is C22H26N2O5S. The summed E-state index contributed by atoms with van der Waals surface area (Å²) in [5.41, 5.74) is 1.70. The summed E-state index contributed by atoms with van der Waals surface area (Å²) in [6, 6.07) is 14.2. The first-order valence-corrected chi connectivity index (χ1v) is 11.5. The van der Waals surface area contributed by atoms with Gasteiger partial charge in [0.15, 0.2) is 0 Å². The van der Waals surface area contributed by atoms with Crippen molar-refractivity contribution >= 4 is 15.9 Å².